The monoisotopic (exact) mass is 285 g/mol. The number of carbonyl (C=O) groups excluding carboxylic acids is 2. The number of nitrogens with zero attached hydrogens (tertiary/aromatic N) is 1. The molecule has 5 nitrogen and oxygen atoms in total. The number of hydrogen-bond donors (Lipinski definition) is 2. The summed E-state index contributed by atoms with van der Waals surface area (Å²) in [6.07, 6.45) is 0. The van der Waals surface area contributed by atoms with Crippen molar-refractivity contribution in [1.82, 2.24) is 5.32 Å². The first-order chi connectivity index (χ1) is 8.73. The highest BCUT2D eigenvalue weighted by atomic mass is 35.5. The van der Waals surface area contributed by atoms with Gasteiger partial charge in [0, 0.05) is 6.07 Å². The van der Waals surface area contributed by atoms with Crippen LogP contribution >= 0.6 is 11.6 Å². The molecular formula is C12H13ClFN3O2. The molecule has 3 N–H and O–H groups in total. The van der Waals surface area contributed by atoms with Crippen molar-refractivity contribution in [3.63, 3.8) is 0 Å². The Labute approximate surface area is 114 Å². The molecule has 0 bridgehead atoms. The number of nitrogen functional groups attached to an aromatic ring is 1. The highest BCUT2D eigenvalue weighted by Crippen LogP contribution is 2.34. The Bertz CT molecular complexity index is 574. The minimum absolute atomic E-state index is 0.0794. The Balaban J connectivity index is 2.53. The number of anilines is 2. The fourth-order valence-corrected chi connectivity index (χ4v) is 2.13. The number of nitrogens with one attached hydrogen (secondary N) is 1. The molecule has 1 aliphatic heterocycles. The van der Waals surface area contributed by atoms with Gasteiger partial charge in [0.15, 0.2) is 0 Å². The number of piperazine rings is 1. The summed E-state index contributed by atoms with van der Waals surface area (Å²) < 4.78 is 13.6. The van der Waals surface area contributed by atoms with E-state index >= 15 is 0 Å². The molecule has 2 amide bonds. The van der Waals surface area contributed by atoms with Gasteiger partial charge in [-0.2, -0.15) is 0 Å². The molecule has 1 aromatic rings. The zero-order valence-electron chi connectivity index (χ0n) is 10.5. The largest absolute Gasteiger partial charge is 0.397 e. The van der Waals surface area contributed by atoms with Gasteiger partial charge in [-0.05, 0) is 19.9 Å². The van der Waals surface area contributed by atoms with E-state index in [9.17, 15) is 14.0 Å². The summed E-state index contributed by atoms with van der Waals surface area (Å²) in [6.45, 7) is 3.17. The Morgan fingerprint density at radius 2 is 2.05 bits per heavy atom. The van der Waals surface area contributed by atoms with E-state index in [-0.39, 0.29) is 22.9 Å². The molecule has 0 saturated carbocycles. The molecule has 102 valence electrons. The third kappa shape index (κ3) is 2.23. The number of carbonyl (C=O) groups is 2. The second kappa shape index (κ2) is 4.38. The van der Waals surface area contributed by atoms with Crippen LogP contribution in [0.1, 0.15) is 13.8 Å². The maximum Gasteiger partial charge on any atom is 0.251 e. The number of nitrogens with two attached hydrogens (primary N) is 1. The van der Waals surface area contributed by atoms with Crippen LogP contribution in [-0.2, 0) is 9.59 Å². The molecule has 1 aromatic carbocycles. The summed E-state index contributed by atoms with van der Waals surface area (Å²) in [6, 6.07) is 2.39. The van der Waals surface area contributed by atoms with Crippen molar-refractivity contribution in [2.45, 2.75) is 19.4 Å². The molecule has 7 heteroatoms. The van der Waals surface area contributed by atoms with Crippen molar-refractivity contribution in [3.8, 4) is 0 Å². The van der Waals surface area contributed by atoms with Gasteiger partial charge in [0.1, 0.15) is 11.4 Å². The lowest BCUT2D eigenvalue weighted by Crippen LogP contribution is -2.64. The number of benzene rings is 1. The summed E-state index contributed by atoms with van der Waals surface area (Å²) in [5, 5.41) is 2.13. The van der Waals surface area contributed by atoms with Crippen LogP contribution in [0, 0.1) is 5.82 Å². The third-order valence-corrected chi connectivity index (χ3v) is 3.44. The van der Waals surface area contributed by atoms with Crippen LogP contribution in [0.15, 0.2) is 12.1 Å². The first-order valence-electron chi connectivity index (χ1n) is 5.60. The van der Waals surface area contributed by atoms with E-state index in [1.165, 1.54) is 11.0 Å². The summed E-state index contributed by atoms with van der Waals surface area (Å²) in [7, 11) is 0. The standard InChI is InChI=1S/C12H13ClFN3O2/c1-12(2)11(19)16-10(18)5-17(12)9-4-7(14)6(13)3-8(9)15/h3-4H,5,15H2,1-2H3,(H,16,18,19). The Morgan fingerprint density at radius 3 is 2.68 bits per heavy atom. The Hall–Kier alpha value is -1.82. The molecule has 19 heavy (non-hydrogen) atoms. The maximum atomic E-state index is 13.6. The van der Waals surface area contributed by atoms with Crippen LogP contribution in [0.4, 0.5) is 15.8 Å². The van der Waals surface area contributed by atoms with Gasteiger partial charge in [-0.3, -0.25) is 14.9 Å². The highest BCUT2D eigenvalue weighted by molar-refractivity contribution is 6.31. The van der Waals surface area contributed by atoms with Crippen LogP contribution in [0.3, 0.4) is 0 Å². The number of halogens is 2. The Kier molecular flexibility index (Phi) is 3.14. The fourth-order valence-electron chi connectivity index (χ4n) is 1.95. The van der Waals surface area contributed by atoms with Crippen LogP contribution in [0.5, 0.6) is 0 Å². The van der Waals surface area contributed by atoms with E-state index < -0.39 is 23.2 Å². The van der Waals surface area contributed by atoms with Crippen LogP contribution in [-0.4, -0.2) is 23.9 Å². The predicted octanol–water partition coefficient (Wildman–Crippen LogP) is 1.30. The molecule has 1 saturated heterocycles. The topological polar surface area (TPSA) is 75.4 Å². The highest BCUT2D eigenvalue weighted by Gasteiger charge is 2.41. The van der Waals surface area contributed by atoms with E-state index in [2.05, 4.69) is 5.32 Å². The first-order valence-corrected chi connectivity index (χ1v) is 5.97. The average Bonchev–Trinajstić information content (AvgIpc) is 2.29. The molecule has 0 aromatic heterocycles. The number of rotatable bonds is 1. The molecule has 1 aliphatic rings. The normalized spacial score (nSPS) is 18.4. The molecule has 1 heterocycles. The summed E-state index contributed by atoms with van der Waals surface area (Å²) >= 11 is 5.63. The van der Waals surface area contributed by atoms with Crippen LogP contribution in [0.25, 0.3) is 0 Å². The molecular weight excluding hydrogens is 273 g/mol. The maximum absolute atomic E-state index is 13.6. The van der Waals surface area contributed by atoms with Crippen molar-refractivity contribution < 1.29 is 14.0 Å². The van der Waals surface area contributed by atoms with Gasteiger partial charge in [-0.25, -0.2) is 4.39 Å². The van der Waals surface area contributed by atoms with E-state index in [4.69, 9.17) is 17.3 Å². The second-order valence-electron chi connectivity index (χ2n) is 4.85. The molecule has 0 radical (unpaired) electrons. The SMILES string of the molecule is CC1(C)C(=O)NC(=O)CN1c1cc(F)c(Cl)cc1N. The molecule has 2 rings (SSSR count). The van der Waals surface area contributed by atoms with Gasteiger partial charge in [-0.15, -0.1) is 0 Å². The number of amides is 2. The lowest BCUT2D eigenvalue weighted by atomic mass is 9.97. The second-order valence-corrected chi connectivity index (χ2v) is 5.25. The lowest BCUT2D eigenvalue weighted by Gasteiger charge is -2.42. The van der Waals surface area contributed by atoms with Crippen molar-refractivity contribution in [3.05, 3.63) is 23.0 Å². The lowest BCUT2D eigenvalue weighted by molar-refractivity contribution is -0.135. The van der Waals surface area contributed by atoms with Crippen LogP contribution < -0.4 is 16.0 Å². The van der Waals surface area contributed by atoms with Gasteiger partial charge in [-0.1, -0.05) is 11.6 Å². The van der Waals surface area contributed by atoms with Gasteiger partial charge >= 0.3 is 0 Å². The Morgan fingerprint density at radius 1 is 1.42 bits per heavy atom. The minimum atomic E-state index is -1.01. The molecule has 0 aliphatic carbocycles. The van der Waals surface area contributed by atoms with Gasteiger partial charge in [0.2, 0.25) is 5.91 Å². The summed E-state index contributed by atoms with van der Waals surface area (Å²) in [5.41, 5.74) is 5.27. The smallest absolute Gasteiger partial charge is 0.251 e. The molecule has 1 fully saturated rings. The van der Waals surface area contributed by atoms with Crippen molar-refractivity contribution in [2.75, 3.05) is 17.2 Å². The van der Waals surface area contributed by atoms with Crippen LogP contribution in [0.2, 0.25) is 5.02 Å². The summed E-state index contributed by atoms with van der Waals surface area (Å²) in [5.74, 6) is -1.57. The van der Waals surface area contributed by atoms with Gasteiger partial charge in [0.25, 0.3) is 5.91 Å². The zero-order chi connectivity index (χ0) is 14.4. The van der Waals surface area contributed by atoms with Gasteiger partial charge in [0.05, 0.1) is 22.9 Å². The minimum Gasteiger partial charge on any atom is -0.397 e. The van der Waals surface area contributed by atoms with Crippen molar-refractivity contribution in [1.29, 1.82) is 0 Å². The van der Waals surface area contributed by atoms with E-state index in [1.54, 1.807) is 13.8 Å². The van der Waals surface area contributed by atoms with E-state index in [0.29, 0.717) is 0 Å². The third-order valence-electron chi connectivity index (χ3n) is 3.15. The van der Waals surface area contributed by atoms with E-state index in [0.717, 1.165) is 6.07 Å². The quantitative estimate of drug-likeness (QED) is 0.602. The predicted molar refractivity (Wildman–Crippen MR) is 70.4 cm³/mol. The molecule has 0 spiro atoms. The van der Waals surface area contributed by atoms with Crippen molar-refractivity contribution >= 4 is 34.8 Å². The molecule has 0 unspecified atom stereocenters. The van der Waals surface area contributed by atoms with Gasteiger partial charge < -0.3 is 10.6 Å². The summed E-state index contributed by atoms with van der Waals surface area (Å²) in [4.78, 5) is 24.8. The average molecular weight is 286 g/mol. The zero-order valence-corrected chi connectivity index (χ0v) is 11.2. The van der Waals surface area contributed by atoms with Crippen molar-refractivity contribution in [2.24, 2.45) is 0 Å². The number of imide groups is 1. The molecule has 0 atom stereocenters. The van der Waals surface area contributed by atoms with E-state index in [1.807, 2.05) is 0 Å². The fraction of sp³-hybridized carbons (Fsp3) is 0.333. The number of hydrogen-bond acceptors (Lipinski definition) is 4. The first kappa shape index (κ1) is 13.6.